The van der Waals surface area contributed by atoms with Crippen molar-refractivity contribution in [2.24, 2.45) is 5.92 Å². The molecule has 0 aromatic rings. The van der Waals surface area contributed by atoms with Crippen molar-refractivity contribution < 1.29 is 13.2 Å². The van der Waals surface area contributed by atoms with Gasteiger partial charge in [-0.15, -0.1) is 0 Å². The molecule has 0 spiro atoms. The van der Waals surface area contributed by atoms with Crippen LogP contribution in [0.3, 0.4) is 0 Å². The Hall–Kier alpha value is -0.660. The molecule has 0 aromatic heterocycles. The third-order valence-electron chi connectivity index (χ3n) is 6.07. The second-order valence-corrected chi connectivity index (χ2v) is 10.0. The average Bonchev–Trinajstić information content (AvgIpc) is 3.01. The van der Waals surface area contributed by atoms with Crippen molar-refractivity contribution in [1.82, 2.24) is 14.1 Å². The lowest BCUT2D eigenvalue weighted by Gasteiger charge is -2.45. The minimum atomic E-state index is -3.23. The summed E-state index contributed by atoms with van der Waals surface area (Å²) in [7, 11) is -3.23. The third kappa shape index (κ3) is 5.17. The topological polar surface area (TPSA) is 60.9 Å². The number of carbonyl (C=O) groups excluding carboxylic acids is 1. The van der Waals surface area contributed by atoms with Crippen molar-refractivity contribution in [3.05, 3.63) is 0 Å². The van der Waals surface area contributed by atoms with Crippen molar-refractivity contribution in [2.75, 3.05) is 45.5 Å². The second-order valence-electron chi connectivity index (χ2n) is 8.08. The van der Waals surface area contributed by atoms with Crippen LogP contribution in [0.25, 0.3) is 0 Å². The van der Waals surface area contributed by atoms with Gasteiger partial charge in [-0.25, -0.2) is 8.42 Å². The number of hydrogen-bond acceptors (Lipinski definition) is 4. The van der Waals surface area contributed by atoms with E-state index < -0.39 is 10.0 Å². The summed E-state index contributed by atoms with van der Waals surface area (Å²) in [4.78, 5) is 16.6. The summed E-state index contributed by atoms with van der Waals surface area (Å²) in [5.74, 6) is 0.768. The van der Waals surface area contributed by atoms with Crippen LogP contribution in [0, 0.1) is 5.92 Å². The maximum absolute atomic E-state index is 12.4. The molecule has 0 bridgehead atoms. The van der Waals surface area contributed by atoms with Gasteiger partial charge < -0.3 is 9.80 Å². The van der Waals surface area contributed by atoms with Crippen molar-refractivity contribution in [1.29, 1.82) is 0 Å². The Kier molecular flexibility index (Phi) is 6.39. The molecule has 0 unspecified atom stereocenters. The summed E-state index contributed by atoms with van der Waals surface area (Å²) in [6.07, 6.45) is 10.5. The van der Waals surface area contributed by atoms with Gasteiger partial charge in [-0.2, -0.15) is 4.31 Å². The number of amides is 1. The highest BCUT2D eigenvalue weighted by Gasteiger charge is 2.39. The largest absolute Gasteiger partial charge is 0.339 e. The molecule has 0 N–H and O–H groups in total. The molecule has 3 fully saturated rings. The number of piperidine rings is 1. The monoisotopic (exact) mass is 371 g/mol. The molecule has 7 heteroatoms. The van der Waals surface area contributed by atoms with E-state index in [-0.39, 0.29) is 11.9 Å². The summed E-state index contributed by atoms with van der Waals surface area (Å²) >= 11 is 0. The van der Waals surface area contributed by atoms with Gasteiger partial charge in [-0.05, 0) is 44.7 Å². The Bertz CT molecular complexity index is 548. The van der Waals surface area contributed by atoms with E-state index >= 15 is 0 Å². The Morgan fingerprint density at radius 2 is 1.68 bits per heavy atom. The highest BCUT2D eigenvalue weighted by atomic mass is 32.2. The van der Waals surface area contributed by atoms with Crippen LogP contribution in [0.1, 0.15) is 51.4 Å². The molecule has 25 heavy (non-hydrogen) atoms. The lowest BCUT2D eigenvalue weighted by Crippen LogP contribution is -2.63. The van der Waals surface area contributed by atoms with E-state index in [1.807, 2.05) is 4.90 Å². The van der Waals surface area contributed by atoms with Gasteiger partial charge in [-0.3, -0.25) is 4.79 Å². The van der Waals surface area contributed by atoms with Crippen molar-refractivity contribution >= 4 is 15.9 Å². The summed E-state index contributed by atoms with van der Waals surface area (Å²) in [6.45, 7) is 4.65. The van der Waals surface area contributed by atoms with Crippen molar-refractivity contribution in [3.63, 3.8) is 0 Å². The van der Waals surface area contributed by atoms with Crippen LogP contribution in [0.4, 0.5) is 0 Å². The molecule has 6 nitrogen and oxygen atoms in total. The number of nitrogens with zero attached hydrogens (tertiary/aromatic N) is 3. The quantitative estimate of drug-likeness (QED) is 0.681. The van der Waals surface area contributed by atoms with Gasteiger partial charge in [-0.1, -0.05) is 19.3 Å². The number of hydrogen-bond donors (Lipinski definition) is 0. The first kappa shape index (κ1) is 19.1. The van der Waals surface area contributed by atoms with Crippen LogP contribution < -0.4 is 0 Å². The van der Waals surface area contributed by atoms with Gasteiger partial charge in [0.1, 0.15) is 0 Å². The molecule has 2 aliphatic heterocycles. The first-order valence-electron chi connectivity index (χ1n) is 9.90. The van der Waals surface area contributed by atoms with Gasteiger partial charge in [0.15, 0.2) is 0 Å². The molecule has 0 aromatic carbocycles. The molecule has 144 valence electrons. The number of sulfonamides is 1. The zero-order valence-corrected chi connectivity index (χ0v) is 16.3. The molecule has 1 amide bonds. The number of likely N-dealkylation sites (tertiary alicyclic amines) is 2. The summed E-state index contributed by atoms with van der Waals surface area (Å²) < 4.78 is 26.0. The lowest BCUT2D eigenvalue weighted by molar-refractivity contribution is -0.138. The molecular weight excluding hydrogens is 338 g/mol. The van der Waals surface area contributed by atoms with E-state index in [0.717, 1.165) is 19.6 Å². The van der Waals surface area contributed by atoms with Gasteiger partial charge in [0.05, 0.1) is 12.3 Å². The average molecular weight is 372 g/mol. The van der Waals surface area contributed by atoms with Crippen LogP contribution in [-0.4, -0.2) is 80.0 Å². The van der Waals surface area contributed by atoms with Gasteiger partial charge in [0, 0.05) is 32.6 Å². The maximum atomic E-state index is 12.4. The minimum absolute atomic E-state index is 0.0349. The predicted molar refractivity (Wildman–Crippen MR) is 98.8 cm³/mol. The SMILES string of the molecule is CS(=O)(=O)N(CCN1CCCCC1)C1CN(C(=O)CC2CCCC2)C1. The van der Waals surface area contributed by atoms with E-state index in [1.54, 1.807) is 4.31 Å². The van der Waals surface area contributed by atoms with Gasteiger partial charge in [0.25, 0.3) is 0 Å². The highest BCUT2D eigenvalue weighted by molar-refractivity contribution is 7.88. The molecule has 1 saturated carbocycles. The zero-order valence-electron chi connectivity index (χ0n) is 15.5. The van der Waals surface area contributed by atoms with Crippen LogP contribution in [0.2, 0.25) is 0 Å². The fraction of sp³-hybridized carbons (Fsp3) is 0.944. The standard InChI is InChI=1S/C18H33N3O3S/c1-25(23,24)21(12-11-19-9-5-2-6-10-19)17-14-20(15-17)18(22)13-16-7-3-4-8-16/h16-17H,2-15H2,1H3. The molecule has 0 radical (unpaired) electrons. The van der Waals surface area contributed by atoms with E-state index in [9.17, 15) is 13.2 Å². The Morgan fingerprint density at radius 1 is 1.04 bits per heavy atom. The Morgan fingerprint density at radius 3 is 2.28 bits per heavy atom. The smallest absolute Gasteiger partial charge is 0.222 e. The van der Waals surface area contributed by atoms with E-state index in [0.29, 0.717) is 32.0 Å². The summed E-state index contributed by atoms with van der Waals surface area (Å²) in [5, 5.41) is 0. The minimum Gasteiger partial charge on any atom is -0.339 e. The summed E-state index contributed by atoms with van der Waals surface area (Å²) in [5.41, 5.74) is 0. The predicted octanol–water partition coefficient (Wildman–Crippen LogP) is 1.53. The molecule has 0 atom stereocenters. The van der Waals surface area contributed by atoms with Crippen LogP contribution in [0.5, 0.6) is 0 Å². The summed E-state index contributed by atoms with van der Waals surface area (Å²) in [6, 6.07) is -0.0349. The molecule has 3 aliphatic rings. The zero-order chi connectivity index (χ0) is 17.9. The normalized spacial score (nSPS) is 24.0. The Balaban J connectivity index is 1.46. The number of rotatable bonds is 7. The van der Waals surface area contributed by atoms with E-state index in [1.165, 1.54) is 51.2 Å². The first-order chi connectivity index (χ1) is 11.9. The molecule has 1 aliphatic carbocycles. The Labute approximate surface area is 152 Å². The van der Waals surface area contributed by atoms with Gasteiger partial charge >= 0.3 is 0 Å². The van der Waals surface area contributed by atoms with Crippen LogP contribution in [-0.2, 0) is 14.8 Å². The molecular formula is C18H33N3O3S. The molecule has 2 saturated heterocycles. The highest BCUT2D eigenvalue weighted by Crippen LogP contribution is 2.29. The molecule has 3 rings (SSSR count). The fourth-order valence-corrected chi connectivity index (χ4v) is 5.56. The van der Waals surface area contributed by atoms with Gasteiger partial charge in [0.2, 0.25) is 15.9 Å². The fourth-order valence-electron chi connectivity index (χ4n) is 4.47. The first-order valence-corrected chi connectivity index (χ1v) is 11.8. The number of carbonyl (C=O) groups is 1. The third-order valence-corrected chi connectivity index (χ3v) is 7.40. The van der Waals surface area contributed by atoms with E-state index in [2.05, 4.69) is 4.90 Å². The van der Waals surface area contributed by atoms with Crippen molar-refractivity contribution in [3.8, 4) is 0 Å². The van der Waals surface area contributed by atoms with Crippen LogP contribution >= 0.6 is 0 Å². The van der Waals surface area contributed by atoms with Crippen LogP contribution in [0.15, 0.2) is 0 Å². The maximum Gasteiger partial charge on any atom is 0.222 e. The van der Waals surface area contributed by atoms with E-state index in [4.69, 9.17) is 0 Å². The molecule has 2 heterocycles. The second kappa shape index (κ2) is 8.35. The van der Waals surface area contributed by atoms with Crippen molar-refractivity contribution in [2.45, 2.75) is 57.4 Å². The lowest BCUT2D eigenvalue weighted by atomic mass is 10.0.